The average molecular weight is 407 g/mol. The van der Waals surface area contributed by atoms with Gasteiger partial charge in [0.1, 0.15) is 0 Å². The Bertz CT molecular complexity index is 1290. The second kappa shape index (κ2) is 7.46. The summed E-state index contributed by atoms with van der Waals surface area (Å²) < 4.78 is 9.49. The van der Waals surface area contributed by atoms with Crippen LogP contribution in [0.25, 0.3) is 16.7 Å². The van der Waals surface area contributed by atoms with Gasteiger partial charge in [-0.3, -0.25) is 13.8 Å². The summed E-state index contributed by atoms with van der Waals surface area (Å²) in [6.07, 6.45) is 0.741. The quantitative estimate of drug-likeness (QED) is 0.527. The van der Waals surface area contributed by atoms with Crippen LogP contribution < -0.4 is 10.5 Å². The molecule has 1 aliphatic rings. The lowest BCUT2D eigenvalue weighted by Gasteiger charge is -2.29. The summed E-state index contributed by atoms with van der Waals surface area (Å²) in [5.41, 5.74) is 2.93. The van der Waals surface area contributed by atoms with Crippen molar-refractivity contribution in [1.29, 1.82) is 0 Å². The number of anilines is 1. The normalized spacial score (nSPS) is 14.7. The van der Waals surface area contributed by atoms with Crippen molar-refractivity contribution in [3.63, 3.8) is 0 Å². The zero-order valence-corrected chi connectivity index (χ0v) is 16.7. The highest BCUT2D eigenvalue weighted by molar-refractivity contribution is 7.71. The van der Waals surface area contributed by atoms with Gasteiger partial charge in [0.15, 0.2) is 0 Å². The third-order valence-electron chi connectivity index (χ3n) is 5.44. The van der Waals surface area contributed by atoms with Gasteiger partial charge in [0.05, 0.1) is 24.1 Å². The van der Waals surface area contributed by atoms with Crippen molar-refractivity contribution in [1.82, 2.24) is 19.2 Å². The highest BCUT2D eigenvalue weighted by Gasteiger charge is 2.17. The Labute approximate surface area is 172 Å². The summed E-state index contributed by atoms with van der Waals surface area (Å²) in [6.45, 7) is 3.57. The van der Waals surface area contributed by atoms with E-state index in [2.05, 4.69) is 27.2 Å². The molecule has 148 valence electrons. The first-order valence-corrected chi connectivity index (χ1v) is 10.1. The topological polar surface area (TPSA) is 67.6 Å². The molecule has 1 saturated heterocycles. The highest BCUT2D eigenvalue weighted by Crippen LogP contribution is 2.22. The van der Waals surface area contributed by atoms with E-state index in [4.69, 9.17) is 17.0 Å². The number of nitrogens with zero attached hydrogens (tertiary/aromatic N) is 4. The maximum absolute atomic E-state index is 13.4. The lowest BCUT2D eigenvalue weighted by Crippen LogP contribution is -2.36. The van der Waals surface area contributed by atoms with E-state index in [9.17, 15) is 4.79 Å². The van der Waals surface area contributed by atoms with Crippen LogP contribution in [-0.4, -0.2) is 45.5 Å². The number of fused-ring (bicyclic) bond motifs is 3. The van der Waals surface area contributed by atoms with Gasteiger partial charge in [0, 0.05) is 25.3 Å². The molecule has 0 bridgehead atoms. The first kappa shape index (κ1) is 18.1. The van der Waals surface area contributed by atoms with Crippen LogP contribution in [0.3, 0.4) is 0 Å². The van der Waals surface area contributed by atoms with Gasteiger partial charge in [-0.05, 0) is 42.4 Å². The van der Waals surface area contributed by atoms with Crippen LogP contribution in [0.2, 0.25) is 0 Å². The van der Waals surface area contributed by atoms with E-state index in [0.717, 1.165) is 30.7 Å². The first-order valence-electron chi connectivity index (χ1n) is 9.73. The lowest BCUT2D eigenvalue weighted by molar-refractivity contribution is 0.122. The number of rotatable bonds is 4. The van der Waals surface area contributed by atoms with Gasteiger partial charge in [0.25, 0.3) is 5.56 Å². The van der Waals surface area contributed by atoms with Crippen molar-refractivity contribution < 1.29 is 4.74 Å². The fourth-order valence-electron chi connectivity index (χ4n) is 3.92. The van der Waals surface area contributed by atoms with Crippen LogP contribution in [0.15, 0.2) is 53.3 Å². The number of morpholine rings is 1. The zero-order chi connectivity index (χ0) is 19.8. The molecule has 1 fully saturated rings. The van der Waals surface area contributed by atoms with E-state index in [1.807, 2.05) is 40.8 Å². The Morgan fingerprint density at radius 2 is 1.90 bits per heavy atom. The molecule has 3 heterocycles. The number of aryl methyl sites for hydroxylation is 2. The van der Waals surface area contributed by atoms with E-state index < -0.39 is 0 Å². The van der Waals surface area contributed by atoms with Crippen LogP contribution in [0.5, 0.6) is 0 Å². The van der Waals surface area contributed by atoms with Gasteiger partial charge in [-0.25, -0.2) is 5.10 Å². The van der Waals surface area contributed by atoms with Crippen molar-refractivity contribution in [3.8, 4) is 0 Å². The maximum atomic E-state index is 13.4. The number of ether oxygens (including phenoxy) is 1. The molecule has 0 atom stereocenters. The Morgan fingerprint density at radius 1 is 1.10 bits per heavy atom. The molecular weight excluding hydrogens is 386 g/mol. The third-order valence-corrected chi connectivity index (χ3v) is 5.71. The fourth-order valence-corrected chi connectivity index (χ4v) is 4.14. The number of H-pyrrole nitrogens is 1. The predicted molar refractivity (Wildman–Crippen MR) is 115 cm³/mol. The molecule has 0 saturated carbocycles. The standard InChI is InChI=1S/C21H21N5O2S/c27-19-17-14-16(24-10-12-28-13-11-24)6-7-18(17)26-20(22-23-21(26)29)25(19)9-8-15-4-2-1-3-5-15/h1-7,14H,8-13H2,(H,23,29). The number of nitrogens with one attached hydrogen (secondary N) is 1. The summed E-state index contributed by atoms with van der Waals surface area (Å²) in [5, 5.41) is 7.82. The molecule has 4 aromatic rings. The van der Waals surface area contributed by atoms with Crippen molar-refractivity contribution in [2.24, 2.45) is 0 Å². The number of hydrogen-bond donors (Lipinski definition) is 1. The van der Waals surface area contributed by atoms with Gasteiger partial charge < -0.3 is 9.64 Å². The summed E-state index contributed by atoms with van der Waals surface area (Å²) in [4.78, 5) is 15.7. The van der Waals surface area contributed by atoms with Gasteiger partial charge in [-0.2, -0.15) is 0 Å². The van der Waals surface area contributed by atoms with E-state index in [1.54, 1.807) is 4.57 Å². The smallest absolute Gasteiger partial charge is 0.262 e. The number of benzene rings is 2. The van der Waals surface area contributed by atoms with Crippen molar-refractivity contribution in [2.45, 2.75) is 13.0 Å². The molecular formula is C21H21N5O2S. The van der Waals surface area contributed by atoms with Gasteiger partial charge in [-0.15, -0.1) is 5.10 Å². The first-order chi connectivity index (χ1) is 14.2. The minimum absolute atomic E-state index is 0.0486. The fraction of sp³-hybridized carbons (Fsp3) is 0.286. The van der Waals surface area contributed by atoms with Crippen molar-refractivity contribution in [3.05, 3.63) is 69.2 Å². The third kappa shape index (κ3) is 3.24. The number of hydrogen-bond acceptors (Lipinski definition) is 5. The summed E-state index contributed by atoms with van der Waals surface area (Å²) in [6, 6.07) is 16.1. The number of aromatic nitrogens is 4. The van der Waals surface area contributed by atoms with Crippen LogP contribution in [-0.2, 0) is 17.7 Å². The Balaban J connectivity index is 1.65. The average Bonchev–Trinajstić information content (AvgIpc) is 3.16. The zero-order valence-electron chi connectivity index (χ0n) is 15.9. The molecule has 0 aliphatic carbocycles. The lowest BCUT2D eigenvalue weighted by atomic mass is 10.1. The summed E-state index contributed by atoms with van der Waals surface area (Å²) >= 11 is 5.46. The molecule has 5 rings (SSSR count). The number of aromatic amines is 1. The van der Waals surface area contributed by atoms with E-state index in [0.29, 0.717) is 35.7 Å². The SMILES string of the molecule is O=c1c2cc(N3CCOCC3)ccc2n2c(=S)[nH]nc2n1CCc1ccccc1. The summed E-state index contributed by atoms with van der Waals surface area (Å²) in [7, 11) is 0. The van der Waals surface area contributed by atoms with Gasteiger partial charge >= 0.3 is 0 Å². The van der Waals surface area contributed by atoms with Crippen LogP contribution in [0.1, 0.15) is 5.56 Å². The Morgan fingerprint density at radius 3 is 2.69 bits per heavy atom. The molecule has 1 aliphatic heterocycles. The van der Waals surface area contributed by atoms with Crippen molar-refractivity contribution >= 4 is 34.6 Å². The van der Waals surface area contributed by atoms with Crippen molar-refractivity contribution in [2.75, 3.05) is 31.2 Å². The molecule has 0 radical (unpaired) electrons. The maximum Gasteiger partial charge on any atom is 0.262 e. The Kier molecular flexibility index (Phi) is 4.65. The summed E-state index contributed by atoms with van der Waals surface area (Å²) in [5.74, 6) is 0.544. The minimum atomic E-state index is -0.0486. The molecule has 0 spiro atoms. The van der Waals surface area contributed by atoms with Gasteiger partial charge in [0.2, 0.25) is 10.5 Å². The molecule has 7 nitrogen and oxygen atoms in total. The van der Waals surface area contributed by atoms with E-state index >= 15 is 0 Å². The van der Waals surface area contributed by atoms with Crippen LogP contribution >= 0.6 is 12.2 Å². The molecule has 0 unspecified atom stereocenters. The minimum Gasteiger partial charge on any atom is -0.378 e. The van der Waals surface area contributed by atoms with E-state index in [-0.39, 0.29) is 5.56 Å². The molecule has 1 N–H and O–H groups in total. The monoisotopic (exact) mass is 407 g/mol. The molecule has 0 amide bonds. The molecule has 29 heavy (non-hydrogen) atoms. The molecule has 2 aromatic carbocycles. The molecule has 2 aromatic heterocycles. The Hall–Kier alpha value is -2.97. The van der Waals surface area contributed by atoms with Crippen LogP contribution in [0, 0.1) is 4.77 Å². The largest absolute Gasteiger partial charge is 0.378 e. The van der Waals surface area contributed by atoms with Gasteiger partial charge in [-0.1, -0.05) is 30.3 Å². The van der Waals surface area contributed by atoms with E-state index in [1.165, 1.54) is 5.56 Å². The predicted octanol–water partition coefficient (Wildman–Crippen LogP) is 2.79. The van der Waals surface area contributed by atoms with Crippen LogP contribution in [0.4, 0.5) is 5.69 Å². The highest BCUT2D eigenvalue weighted by atomic mass is 32.1. The second-order valence-corrected chi connectivity index (χ2v) is 7.54. The second-order valence-electron chi connectivity index (χ2n) is 7.16. The molecule has 8 heteroatoms.